The molecule has 7 nitrogen and oxygen atoms in total. The van der Waals surface area contributed by atoms with Gasteiger partial charge in [-0.2, -0.15) is 0 Å². The molecule has 11 atom stereocenters. The standard InChI is InChI=1S/C42H70N2O5/c1-26(2)28-13-19-42(23-33(45)43-27-16-22-44(10)25-27)21-20-40(8)29(35(28)42)11-12-31-39(7)17-15-32(49-34(46)24-37(3,4)36(47)48)38(5,6)30(39)14-18-41(31,40)9/h26-32,35H,11-25H2,1-10H3,(H,43,45)(H,47,48)/t27-,28+,29-,30+,31-,32+,35-,39+,40-,41-,42-/m1/s1. The Labute approximate surface area is 297 Å². The van der Waals surface area contributed by atoms with Gasteiger partial charge in [-0.3, -0.25) is 14.4 Å². The maximum absolute atomic E-state index is 13.8. The lowest BCUT2D eigenvalue weighted by Crippen LogP contribution is -2.67. The number of ether oxygens (including phenoxy) is 1. The number of carboxylic acids is 1. The summed E-state index contributed by atoms with van der Waals surface area (Å²) in [6.45, 7) is 22.7. The molecule has 1 heterocycles. The maximum Gasteiger partial charge on any atom is 0.309 e. The molecule has 1 aliphatic heterocycles. The summed E-state index contributed by atoms with van der Waals surface area (Å²) in [7, 11) is 2.16. The minimum atomic E-state index is -1.13. The van der Waals surface area contributed by atoms with Gasteiger partial charge in [-0.15, -0.1) is 0 Å². The smallest absolute Gasteiger partial charge is 0.309 e. The van der Waals surface area contributed by atoms with Crippen molar-refractivity contribution in [2.45, 2.75) is 158 Å². The van der Waals surface area contributed by atoms with Crippen LogP contribution in [0.4, 0.5) is 0 Å². The summed E-state index contributed by atoms with van der Waals surface area (Å²) >= 11 is 0. The highest BCUT2D eigenvalue weighted by Gasteiger charge is 2.71. The largest absolute Gasteiger partial charge is 0.481 e. The van der Waals surface area contributed by atoms with Crippen molar-refractivity contribution in [2.75, 3.05) is 20.1 Å². The molecule has 278 valence electrons. The number of carbonyl (C=O) groups is 3. The third-order valence-electron chi connectivity index (χ3n) is 17.2. The predicted molar refractivity (Wildman–Crippen MR) is 194 cm³/mol. The van der Waals surface area contributed by atoms with Gasteiger partial charge in [0, 0.05) is 24.4 Å². The van der Waals surface area contributed by atoms with E-state index in [0.717, 1.165) is 38.8 Å². The molecule has 0 spiro atoms. The lowest BCUT2D eigenvalue weighted by molar-refractivity contribution is -0.251. The van der Waals surface area contributed by atoms with Crippen molar-refractivity contribution in [3.8, 4) is 0 Å². The number of nitrogens with one attached hydrogen (secondary N) is 1. The van der Waals surface area contributed by atoms with Gasteiger partial charge in [0.1, 0.15) is 6.10 Å². The van der Waals surface area contributed by atoms with Crippen LogP contribution in [0.2, 0.25) is 0 Å². The molecule has 1 saturated heterocycles. The molecular weight excluding hydrogens is 612 g/mol. The highest BCUT2D eigenvalue weighted by Crippen LogP contribution is 2.78. The van der Waals surface area contributed by atoms with Gasteiger partial charge in [0.25, 0.3) is 0 Å². The second-order valence-corrected chi connectivity index (χ2v) is 20.7. The molecule has 6 rings (SSSR count). The first kappa shape index (κ1) is 37.1. The maximum atomic E-state index is 13.8. The minimum absolute atomic E-state index is 0.100. The van der Waals surface area contributed by atoms with Crippen LogP contribution in [-0.4, -0.2) is 60.1 Å². The molecule has 49 heavy (non-hydrogen) atoms. The zero-order valence-electron chi connectivity index (χ0n) is 32.8. The van der Waals surface area contributed by atoms with Crippen molar-refractivity contribution in [3.63, 3.8) is 0 Å². The van der Waals surface area contributed by atoms with E-state index in [1.54, 1.807) is 13.8 Å². The fourth-order valence-corrected chi connectivity index (χ4v) is 14.3. The SMILES string of the molecule is CC(C)[C@@H]1CC[C@]2(CC(=O)N[C@@H]3CCN(C)C3)CC[C@]3(C)[C@H](CC[C@@H]4[C@@]5(C)CC[C@H](OC(=O)CC(C)(C)C(=O)O)C(C)(C)[C@@H]5CC[C@]43C)[C@@H]12. The third kappa shape index (κ3) is 5.90. The Bertz CT molecular complexity index is 1310. The molecule has 5 saturated carbocycles. The number of carboxylic acid groups (broad SMARTS) is 1. The van der Waals surface area contributed by atoms with E-state index in [1.807, 2.05) is 0 Å². The van der Waals surface area contributed by atoms with Gasteiger partial charge in [0.2, 0.25) is 5.91 Å². The lowest BCUT2D eigenvalue weighted by atomic mass is 9.32. The Morgan fingerprint density at radius 3 is 2.22 bits per heavy atom. The first-order valence-corrected chi connectivity index (χ1v) is 20.1. The van der Waals surface area contributed by atoms with E-state index >= 15 is 0 Å². The monoisotopic (exact) mass is 683 g/mol. The summed E-state index contributed by atoms with van der Waals surface area (Å²) in [4.78, 5) is 40.9. The summed E-state index contributed by atoms with van der Waals surface area (Å²) in [5.41, 5.74) is -0.518. The predicted octanol–water partition coefficient (Wildman–Crippen LogP) is 8.35. The molecule has 0 aromatic rings. The van der Waals surface area contributed by atoms with Gasteiger partial charge in [-0.1, -0.05) is 48.5 Å². The zero-order valence-corrected chi connectivity index (χ0v) is 32.8. The van der Waals surface area contributed by atoms with E-state index in [4.69, 9.17) is 4.74 Å². The Morgan fingerprint density at radius 2 is 1.59 bits per heavy atom. The number of amides is 1. The average Bonchev–Trinajstić information content (AvgIpc) is 3.57. The van der Waals surface area contributed by atoms with E-state index in [9.17, 15) is 19.5 Å². The molecule has 6 aliphatic rings. The van der Waals surface area contributed by atoms with Gasteiger partial charge in [0.05, 0.1) is 11.8 Å². The van der Waals surface area contributed by atoms with Crippen LogP contribution in [-0.2, 0) is 19.1 Å². The normalized spacial score (nSPS) is 44.8. The summed E-state index contributed by atoms with van der Waals surface area (Å²) in [5, 5.41) is 13.1. The highest BCUT2D eigenvalue weighted by molar-refractivity contribution is 5.81. The molecule has 0 unspecified atom stereocenters. The molecule has 1 amide bonds. The van der Waals surface area contributed by atoms with Crippen molar-refractivity contribution in [3.05, 3.63) is 0 Å². The highest BCUT2D eigenvalue weighted by atomic mass is 16.5. The Hall–Kier alpha value is -1.63. The van der Waals surface area contributed by atoms with Crippen molar-refractivity contribution in [1.29, 1.82) is 0 Å². The third-order valence-corrected chi connectivity index (χ3v) is 17.2. The fourth-order valence-electron chi connectivity index (χ4n) is 14.3. The first-order chi connectivity index (χ1) is 22.7. The molecule has 5 aliphatic carbocycles. The number of carbonyl (C=O) groups excluding carboxylic acids is 2. The summed E-state index contributed by atoms with van der Waals surface area (Å²) in [5.74, 6) is 2.64. The number of nitrogens with zero attached hydrogens (tertiary/aromatic N) is 1. The fraction of sp³-hybridized carbons (Fsp3) is 0.929. The number of hydrogen-bond acceptors (Lipinski definition) is 5. The van der Waals surface area contributed by atoms with E-state index in [0.29, 0.717) is 53.9 Å². The topological polar surface area (TPSA) is 95.9 Å². The second kappa shape index (κ2) is 12.5. The van der Waals surface area contributed by atoms with Gasteiger partial charge < -0.3 is 20.1 Å². The van der Waals surface area contributed by atoms with Gasteiger partial charge in [-0.25, -0.2) is 0 Å². The molecule has 0 bridgehead atoms. The van der Waals surface area contributed by atoms with Crippen LogP contribution in [0.3, 0.4) is 0 Å². The molecule has 2 N–H and O–H groups in total. The Balaban J connectivity index is 1.23. The molecule has 0 aromatic carbocycles. The van der Waals surface area contributed by atoms with E-state index in [2.05, 4.69) is 65.7 Å². The minimum Gasteiger partial charge on any atom is -0.481 e. The number of rotatable bonds is 8. The summed E-state index contributed by atoms with van der Waals surface area (Å²) in [6.07, 6.45) is 13.2. The van der Waals surface area contributed by atoms with Crippen molar-refractivity contribution >= 4 is 17.8 Å². The van der Waals surface area contributed by atoms with Crippen LogP contribution in [0.1, 0.15) is 146 Å². The van der Waals surface area contributed by atoms with Gasteiger partial charge >= 0.3 is 11.9 Å². The lowest BCUT2D eigenvalue weighted by Gasteiger charge is -2.73. The van der Waals surface area contributed by atoms with Crippen LogP contribution in [0.15, 0.2) is 0 Å². The molecule has 0 aromatic heterocycles. The van der Waals surface area contributed by atoms with Crippen LogP contribution in [0, 0.1) is 68.0 Å². The summed E-state index contributed by atoms with van der Waals surface area (Å²) < 4.78 is 6.19. The van der Waals surface area contributed by atoms with Crippen molar-refractivity contribution < 1.29 is 24.2 Å². The van der Waals surface area contributed by atoms with Crippen LogP contribution in [0.25, 0.3) is 0 Å². The van der Waals surface area contributed by atoms with Crippen LogP contribution >= 0.6 is 0 Å². The molecular formula is C42H70N2O5. The zero-order chi connectivity index (χ0) is 35.9. The number of esters is 1. The first-order valence-electron chi connectivity index (χ1n) is 20.1. The van der Waals surface area contributed by atoms with Crippen LogP contribution < -0.4 is 5.32 Å². The van der Waals surface area contributed by atoms with E-state index in [-0.39, 0.29) is 45.6 Å². The number of likely N-dealkylation sites (N-methyl/N-ethyl adjacent to an activating group) is 1. The van der Waals surface area contributed by atoms with E-state index in [1.165, 1.54) is 44.9 Å². The quantitative estimate of drug-likeness (QED) is 0.250. The van der Waals surface area contributed by atoms with Gasteiger partial charge in [0.15, 0.2) is 0 Å². The van der Waals surface area contributed by atoms with Crippen molar-refractivity contribution in [2.24, 2.45) is 68.0 Å². The van der Waals surface area contributed by atoms with Crippen LogP contribution in [0.5, 0.6) is 0 Å². The molecule has 6 fully saturated rings. The number of fused-ring (bicyclic) bond motifs is 7. The second-order valence-electron chi connectivity index (χ2n) is 20.7. The molecule has 0 radical (unpaired) electrons. The summed E-state index contributed by atoms with van der Waals surface area (Å²) in [6, 6.07) is 0.299. The Morgan fingerprint density at radius 1 is 0.878 bits per heavy atom. The molecule has 7 heteroatoms. The van der Waals surface area contributed by atoms with E-state index < -0.39 is 11.4 Å². The number of likely N-dealkylation sites (tertiary alicyclic amines) is 1. The Kier molecular flexibility index (Phi) is 9.48. The van der Waals surface area contributed by atoms with Gasteiger partial charge in [-0.05, 0) is 155 Å². The number of hydrogen-bond donors (Lipinski definition) is 2. The number of aliphatic carboxylic acids is 1. The average molecular weight is 683 g/mol. The van der Waals surface area contributed by atoms with Crippen molar-refractivity contribution in [1.82, 2.24) is 10.2 Å².